The first-order valence-electron chi connectivity index (χ1n) is 10.7. The van der Waals surface area contributed by atoms with E-state index in [1.165, 1.54) is 30.2 Å². The van der Waals surface area contributed by atoms with E-state index in [0.717, 1.165) is 38.1 Å². The second kappa shape index (κ2) is 9.15. The van der Waals surface area contributed by atoms with Gasteiger partial charge >= 0.3 is 5.97 Å². The third-order valence-electron chi connectivity index (χ3n) is 5.81. The topological polar surface area (TPSA) is 85.6 Å². The normalized spacial score (nSPS) is 12.3. The van der Waals surface area contributed by atoms with Crippen molar-refractivity contribution in [3.8, 4) is 0 Å². The summed E-state index contributed by atoms with van der Waals surface area (Å²) < 4.78 is 6.95. The summed E-state index contributed by atoms with van der Waals surface area (Å²) >= 11 is 2.76. The van der Waals surface area contributed by atoms with Crippen LogP contribution in [0, 0.1) is 27.7 Å². The highest BCUT2D eigenvalue weighted by molar-refractivity contribution is 8.00. The van der Waals surface area contributed by atoms with E-state index in [1.54, 1.807) is 0 Å². The number of hydrogen-bond donors (Lipinski definition) is 1. The molecule has 1 amide bonds. The number of thiophene rings is 1. The molecule has 0 radical (unpaired) electrons. The summed E-state index contributed by atoms with van der Waals surface area (Å²) in [6, 6.07) is 8.21. The Labute approximate surface area is 200 Å². The third kappa shape index (κ3) is 4.11. The number of thioether (sulfide) groups is 1. The Balaban J connectivity index is 1.69. The maximum Gasteiger partial charge on any atom is 0.341 e. The van der Waals surface area contributed by atoms with E-state index in [9.17, 15) is 9.59 Å². The number of carbonyl (C=O) groups excluding carboxylic acids is 2. The van der Waals surface area contributed by atoms with E-state index in [1.807, 2.05) is 37.3 Å². The number of aromatic nitrogens is 3. The minimum Gasteiger partial charge on any atom is -0.465 e. The standard InChI is InChI=1S/C24H26N4O3S2/c1-7-17(21(29)25-22-19(23(30)31-6)14(4)15(5)32-22)33-24-27-26-18-11-13(3)16-10-8-9-12(2)20(16)28(18)24/h8-11,17H,7H2,1-6H3,(H,25,29). The number of anilines is 1. The number of para-hydroxylation sites is 1. The third-order valence-corrected chi connectivity index (χ3v) is 8.24. The molecule has 0 saturated carbocycles. The lowest BCUT2D eigenvalue weighted by atomic mass is 10.1. The highest BCUT2D eigenvalue weighted by Gasteiger charge is 2.26. The second-order valence-corrected chi connectivity index (χ2v) is 10.4. The summed E-state index contributed by atoms with van der Waals surface area (Å²) in [6.45, 7) is 9.87. The van der Waals surface area contributed by atoms with Crippen LogP contribution in [-0.2, 0) is 9.53 Å². The molecule has 9 heteroatoms. The molecule has 0 bridgehead atoms. The number of esters is 1. The van der Waals surface area contributed by atoms with E-state index in [4.69, 9.17) is 4.74 Å². The highest BCUT2D eigenvalue weighted by atomic mass is 32.2. The zero-order valence-corrected chi connectivity index (χ0v) is 21.1. The molecule has 7 nitrogen and oxygen atoms in total. The van der Waals surface area contributed by atoms with Crippen molar-refractivity contribution in [2.24, 2.45) is 0 Å². The Hall–Kier alpha value is -2.91. The van der Waals surface area contributed by atoms with Crippen molar-refractivity contribution in [2.75, 3.05) is 12.4 Å². The Morgan fingerprint density at radius 3 is 2.64 bits per heavy atom. The zero-order valence-electron chi connectivity index (χ0n) is 19.5. The molecule has 0 aliphatic rings. The number of ether oxygens (including phenoxy) is 1. The van der Waals surface area contributed by atoms with Gasteiger partial charge in [-0.1, -0.05) is 36.9 Å². The molecular formula is C24H26N4O3S2. The fraction of sp³-hybridized carbons (Fsp3) is 0.333. The number of hydrogen-bond acceptors (Lipinski definition) is 7. The van der Waals surface area contributed by atoms with E-state index in [-0.39, 0.29) is 5.91 Å². The van der Waals surface area contributed by atoms with Crippen molar-refractivity contribution in [3.63, 3.8) is 0 Å². The van der Waals surface area contributed by atoms with Crippen molar-refractivity contribution in [3.05, 3.63) is 51.4 Å². The van der Waals surface area contributed by atoms with Gasteiger partial charge in [-0.2, -0.15) is 0 Å². The van der Waals surface area contributed by atoms with Crippen LogP contribution in [-0.4, -0.2) is 38.8 Å². The largest absolute Gasteiger partial charge is 0.465 e. The van der Waals surface area contributed by atoms with Gasteiger partial charge in [0.25, 0.3) is 0 Å². The van der Waals surface area contributed by atoms with Crippen molar-refractivity contribution in [1.29, 1.82) is 0 Å². The van der Waals surface area contributed by atoms with Gasteiger partial charge in [0.2, 0.25) is 5.91 Å². The summed E-state index contributed by atoms with van der Waals surface area (Å²) in [6.07, 6.45) is 0.588. The number of pyridine rings is 1. The number of benzene rings is 1. The number of carbonyl (C=O) groups is 2. The SMILES string of the molecule is CCC(Sc1nnc2cc(C)c3cccc(C)c3n12)C(=O)Nc1sc(C)c(C)c1C(=O)OC. The van der Waals surface area contributed by atoms with E-state index < -0.39 is 11.2 Å². The van der Waals surface area contributed by atoms with Crippen molar-refractivity contribution >= 4 is 56.5 Å². The Bertz CT molecular complexity index is 1390. The summed E-state index contributed by atoms with van der Waals surface area (Å²) in [5.41, 5.74) is 5.29. The molecule has 0 aliphatic carbocycles. The van der Waals surface area contributed by atoms with Crippen LogP contribution in [0.2, 0.25) is 0 Å². The Kier molecular flexibility index (Phi) is 6.45. The number of amides is 1. The number of nitrogens with one attached hydrogen (secondary N) is 1. The van der Waals surface area contributed by atoms with Crippen LogP contribution < -0.4 is 5.32 Å². The van der Waals surface area contributed by atoms with Crippen molar-refractivity contribution < 1.29 is 14.3 Å². The first-order valence-corrected chi connectivity index (χ1v) is 12.4. The molecule has 172 valence electrons. The minimum absolute atomic E-state index is 0.182. The van der Waals surface area contributed by atoms with Gasteiger partial charge in [0, 0.05) is 10.3 Å². The average Bonchev–Trinajstić information content (AvgIpc) is 3.31. The lowest BCUT2D eigenvalue weighted by Crippen LogP contribution is -2.25. The van der Waals surface area contributed by atoms with Crippen LogP contribution in [0.5, 0.6) is 0 Å². The average molecular weight is 483 g/mol. The molecule has 0 saturated heterocycles. The first kappa shape index (κ1) is 23.3. The smallest absolute Gasteiger partial charge is 0.341 e. The number of rotatable bonds is 6. The molecule has 3 heterocycles. The van der Waals surface area contributed by atoms with Gasteiger partial charge in [-0.05, 0) is 56.9 Å². The zero-order chi connectivity index (χ0) is 23.9. The molecule has 1 atom stereocenters. The van der Waals surface area contributed by atoms with Gasteiger partial charge in [-0.25, -0.2) is 4.79 Å². The monoisotopic (exact) mass is 482 g/mol. The summed E-state index contributed by atoms with van der Waals surface area (Å²) in [5.74, 6) is -0.632. The molecule has 33 heavy (non-hydrogen) atoms. The highest BCUT2D eigenvalue weighted by Crippen LogP contribution is 2.35. The fourth-order valence-electron chi connectivity index (χ4n) is 3.91. The maximum atomic E-state index is 13.2. The molecule has 1 unspecified atom stereocenters. The summed E-state index contributed by atoms with van der Waals surface area (Å²) in [5, 5.41) is 13.6. The molecule has 4 aromatic rings. The maximum absolute atomic E-state index is 13.2. The molecular weight excluding hydrogens is 456 g/mol. The predicted molar refractivity (Wildman–Crippen MR) is 134 cm³/mol. The number of methoxy groups -OCH3 is 1. The van der Waals surface area contributed by atoms with Gasteiger partial charge in [-0.15, -0.1) is 21.5 Å². The fourth-order valence-corrected chi connectivity index (χ4v) is 5.93. The molecule has 3 aromatic heterocycles. The Morgan fingerprint density at radius 2 is 1.94 bits per heavy atom. The molecule has 0 fully saturated rings. The summed E-state index contributed by atoms with van der Waals surface area (Å²) in [4.78, 5) is 26.5. The van der Waals surface area contributed by atoms with Crippen LogP contribution in [0.25, 0.3) is 16.6 Å². The number of nitrogens with zero attached hydrogens (tertiary/aromatic N) is 3. The molecule has 1 N–H and O–H groups in total. The van der Waals surface area contributed by atoms with E-state index in [0.29, 0.717) is 22.1 Å². The van der Waals surface area contributed by atoms with Crippen molar-refractivity contribution in [1.82, 2.24) is 14.6 Å². The second-order valence-electron chi connectivity index (χ2n) is 7.96. The number of fused-ring (bicyclic) bond motifs is 3. The van der Waals surface area contributed by atoms with Gasteiger partial charge in [-0.3, -0.25) is 9.20 Å². The van der Waals surface area contributed by atoms with Gasteiger partial charge < -0.3 is 10.1 Å². The van der Waals surface area contributed by atoms with E-state index >= 15 is 0 Å². The molecule has 0 spiro atoms. The summed E-state index contributed by atoms with van der Waals surface area (Å²) in [7, 11) is 1.34. The molecule has 1 aromatic carbocycles. The lowest BCUT2D eigenvalue weighted by Gasteiger charge is -2.15. The first-order chi connectivity index (χ1) is 15.8. The van der Waals surface area contributed by atoms with Crippen LogP contribution in [0.1, 0.15) is 45.3 Å². The minimum atomic E-state index is -0.450. The van der Waals surface area contributed by atoms with Gasteiger partial charge in [0.1, 0.15) is 5.00 Å². The van der Waals surface area contributed by atoms with Crippen LogP contribution in [0.15, 0.2) is 29.4 Å². The van der Waals surface area contributed by atoms with Crippen LogP contribution in [0.4, 0.5) is 5.00 Å². The predicted octanol–water partition coefficient (Wildman–Crippen LogP) is 5.47. The van der Waals surface area contributed by atoms with E-state index in [2.05, 4.69) is 41.5 Å². The van der Waals surface area contributed by atoms with Gasteiger partial charge in [0.15, 0.2) is 10.8 Å². The quantitative estimate of drug-likeness (QED) is 0.290. The molecule has 0 aliphatic heterocycles. The lowest BCUT2D eigenvalue weighted by molar-refractivity contribution is -0.115. The van der Waals surface area contributed by atoms with Crippen molar-refractivity contribution in [2.45, 2.75) is 51.4 Å². The van der Waals surface area contributed by atoms with Crippen LogP contribution >= 0.6 is 23.1 Å². The Morgan fingerprint density at radius 1 is 1.18 bits per heavy atom. The number of aryl methyl sites for hydroxylation is 3. The van der Waals surface area contributed by atoms with Crippen LogP contribution in [0.3, 0.4) is 0 Å². The molecule has 4 rings (SSSR count). The van der Waals surface area contributed by atoms with Gasteiger partial charge in [0.05, 0.1) is 23.4 Å².